The highest BCUT2D eigenvalue weighted by molar-refractivity contribution is 5.36. The average molecular weight is 261 g/mol. The van der Waals surface area contributed by atoms with E-state index in [4.69, 9.17) is 5.73 Å². The van der Waals surface area contributed by atoms with Gasteiger partial charge in [0.2, 0.25) is 0 Å². The zero-order valence-corrected chi connectivity index (χ0v) is 12.5. The fourth-order valence-corrected chi connectivity index (χ4v) is 3.11. The van der Waals surface area contributed by atoms with E-state index in [2.05, 4.69) is 55.2 Å². The Morgan fingerprint density at radius 1 is 1.05 bits per heavy atom. The van der Waals surface area contributed by atoms with E-state index in [1.54, 1.807) is 0 Å². The summed E-state index contributed by atoms with van der Waals surface area (Å²) in [5, 5.41) is 0. The monoisotopic (exact) mass is 261 g/mol. The van der Waals surface area contributed by atoms with Crippen molar-refractivity contribution in [3.63, 3.8) is 0 Å². The van der Waals surface area contributed by atoms with Gasteiger partial charge < -0.3 is 10.6 Å². The van der Waals surface area contributed by atoms with E-state index in [1.807, 2.05) is 0 Å². The Morgan fingerprint density at radius 2 is 1.63 bits per heavy atom. The summed E-state index contributed by atoms with van der Waals surface area (Å²) in [7, 11) is 6.49. The van der Waals surface area contributed by atoms with Gasteiger partial charge in [0, 0.05) is 12.1 Å². The maximum atomic E-state index is 6.13. The number of nitrogens with two attached hydrogens (primary N) is 1. The van der Waals surface area contributed by atoms with Crippen LogP contribution in [0.25, 0.3) is 0 Å². The van der Waals surface area contributed by atoms with E-state index in [-0.39, 0.29) is 5.54 Å². The van der Waals surface area contributed by atoms with Crippen LogP contribution in [0.1, 0.15) is 17.5 Å². The molecule has 3 nitrogen and oxygen atoms in total. The highest BCUT2D eigenvalue weighted by Crippen LogP contribution is 2.33. The molecule has 2 N–H and O–H groups in total. The second-order valence-electron chi connectivity index (χ2n) is 6.13. The van der Waals surface area contributed by atoms with Gasteiger partial charge in [0.1, 0.15) is 0 Å². The Balaban J connectivity index is 2.01. The molecule has 0 spiro atoms. The van der Waals surface area contributed by atoms with Crippen LogP contribution in [0, 0.1) is 0 Å². The summed E-state index contributed by atoms with van der Waals surface area (Å²) < 4.78 is 0. The fourth-order valence-electron chi connectivity index (χ4n) is 3.11. The molecular weight excluding hydrogens is 234 g/mol. The maximum absolute atomic E-state index is 6.13. The molecule has 0 saturated heterocycles. The predicted octanol–water partition coefficient (Wildman–Crippen LogP) is 1.37. The number of fused-ring (bicyclic) bond motifs is 1. The molecule has 19 heavy (non-hydrogen) atoms. The molecule has 106 valence electrons. The smallest absolute Gasteiger partial charge is 0.0409 e. The summed E-state index contributed by atoms with van der Waals surface area (Å²) >= 11 is 0. The standard InChI is InChI=1S/C16H27N3/c1-18(2)9-6-10-19(3)16(13-17)11-14-7-4-5-8-15(14)12-16/h4-5,7-8H,6,9-13,17H2,1-3H3. The van der Waals surface area contributed by atoms with Gasteiger partial charge in [0.25, 0.3) is 0 Å². The Morgan fingerprint density at radius 3 is 2.11 bits per heavy atom. The Labute approximate surface area is 117 Å². The predicted molar refractivity (Wildman–Crippen MR) is 81.4 cm³/mol. The molecule has 1 aliphatic rings. The van der Waals surface area contributed by atoms with E-state index in [1.165, 1.54) is 17.5 Å². The molecule has 0 saturated carbocycles. The maximum Gasteiger partial charge on any atom is 0.0409 e. The van der Waals surface area contributed by atoms with Gasteiger partial charge in [-0.25, -0.2) is 0 Å². The van der Waals surface area contributed by atoms with Crippen LogP contribution in [0.4, 0.5) is 0 Å². The molecule has 0 radical (unpaired) electrons. The number of likely N-dealkylation sites (N-methyl/N-ethyl adjacent to an activating group) is 1. The second kappa shape index (κ2) is 6.04. The third kappa shape index (κ3) is 3.16. The van der Waals surface area contributed by atoms with Crippen LogP contribution in [0.15, 0.2) is 24.3 Å². The highest BCUT2D eigenvalue weighted by atomic mass is 15.2. The largest absolute Gasteiger partial charge is 0.329 e. The number of rotatable bonds is 6. The first-order chi connectivity index (χ1) is 9.07. The third-order valence-corrected chi connectivity index (χ3v) is 4.45. The molecule has 0 aromatic heterocycles. The molecule has 1 aromatic rings. The van der Waals surface area contributed by atoms with Crippen molar-refractivity contribution in [2.45, 2.75) is 24.8 Å². The summed E-state index contributed by atoms with van der Waals surface area (Å²) in [4.78, 5) is 4.73. The first kappa shape index (κ1) is 14.5. The molecule has 3 heteroatoms. The van der Waals surface area contributed by atoms with Crippen LogP contribution in [-0.2, 0) is 12.8 Å². The summed E-state index contributed by atoms with van der Waals surface area (Å²) in [5.41, 5.74) is 9.22. The fraction of sp³-hybridized carbons (Fsp3) is 0.625. The molecular formula is C16H27N3. The van der Waals surface area contributed by atoms with E-state index in [9.17, 15) is 0 Å². The van der Waals surface area contributed by atoms with Crippen molar-refractivity contribution in [3.05, 3.63) is 35.4 Å². The number of hydrogen-bond acceptors (Lipinski definition) is 3. The van der Waals surface area contributed by atoms with Gasteiger partial charge in [-0.2, -0.15) is 0 Å². The molecule has 1 aliphatic carbocycles. The number of hydrogen-bond donors (Lipinski definition) is 1. The topological polar surface area (TPSA) is 32.5 Å². The van der Waals surface area contributed by atoms with Crippen molar-refractivity contribution >= 4 is 0 Å². The zero-order chi connectivity index (χ0) is 13.9. The van der Waals surface area contributed by atoms with E-state index < -0.39 is 0 Å². The minimum absolute atomic E-state index is 0.135. The molecule has 0 fully saturated rings. The van der Waals surface area contributed by atoms with Crippen LogP contribution in [0.2, 0.25) is 0 Å². The van der Waals surface area contributed by atoms with E-state index >= 15 is 0 Å². The Kier molecular flexibility index (Phi) is 4.61. The molecule has 0 heterocycles. The first-order valence-corrected chi connectivity index (χ1v) is 7.20. The van der Waals surface area contributed by atoms with Crippen molar-refractivity contribution in [3.8, 4) is 0 Å². The first-order valence-electron chi connectivity index (χ1n) is 7.20. The molecule has 0 bridgehead atoms. The Hall–Kier alpha value is -0.900. The lowest BCUT2D eigenvalue weighted by atomic mass is 9.93. The lowest BCUT2D eigenvalue weighted by Crippen LogP contribution is -2.53. The normalized spacial score (nSPS) is 17.2. The van der Waals surface area contributed by atoms with Gasteiger partial charge in [-0.3, -0.25) is 4.90 Å². The summed E-state index contributed by atoms with van der Waals surface area (Å²) in [5.74, 6) is 0. The van der Waals surface area contributed by atoms with E-state index in [0.717, 1.165) is 32.5 Å². The van der Waals surface area contributed by atoms with Gasteiger partial charge in [0.05, 0.1) is 0 Å². The van der Waals surface area contributed by atoms with Crippen LogP contribution >= 0.6 is 0 Å². The zero-order valence-electron chi connectivity index (χ0n) is 12.5. The van der Waals surface area contributed by atoms with Gasteiger partial charge in [0.15, 0.2) is 0 Å². The van der Waals surface area contributed by atoms with Gasteiger partial charge >= 0.3 is 0 Å². The lowest BCUT2D eigenvalue weighted by molar-refractivity contribution is 0.130. The minimum Gasteiger partial charge on any atom is -0.329 e. The Bertz CT molecular complexity index is 389. The summed E-state index contributed by atoms with van der Waals surface area (Å²) in [6.07, 6.45) is 3.39. The summed E-state index contributed by atoms with van der Waals surface area (Å²) in [6.45, 7) is 2.99. The van der Waals surface area contributed by atoms with Crippen LogP contribution in [0.3, 0.4) is 0 Å². The van der Waals surface area contributed by atoms with Gasteiger partial charge in [-0.15, -0.1) is 0 Å². The van der Waals surface area contributed by atoms with Crippen molar-refractivity contribution in [2.24, 2.45) is 5.73 Å². The highest BCUT2D eigenvalue weighted by Gasteiger charge is 2.38. The van der Waals surface area contributed by atoms with Crippen LogP contribution in [0.5, 0.6) is 0 Å². The van der Waals surface area contributed by atoms with Crippen molar-refractivity contribution in [1.82, 2.24) is 9.80 Å². The van der Waals surface area contributed by atoms with Gasteiger partial charge in [-0.05, 0) is 64.6 Å². The van der Waals surface area contributed by atoms with E-state index in [0.29, 0.717) is 0 Å². The molecule has 1 aromatic carbocycles. The summed E-state index contributed by atoms with van der Waals surface area (Å²) in [6, 6.07) is 8.77. The molecule has 0 aliphatic heterocycles. The average Bonchev–Trinajstić information content (AvgIpc) is 2.78. The van der Waals surface area contributed by atoms with Crippen molar-refractivity contribution in [2.75, 3.05) is 40.8 Å². The van der Waals surface area contributed by atoms with Crippen LogP contribution < -0.4 is 5.73 Å². The molecule has 0 atom stereocenters. The SMILES string of the molecule is CN(C)CCCN(C)C1(CN)Cc2ccccc2C1. The lowest BCUT2D eigenvalue weighted by Gasteiger charge is -2.38. The molecule has 0 amide bonds. The van der Waals surface area contributed by atoms with Crippen molar-refractivity contribution in [1.29, 1.82) is 0 Å². The minimum atomic E-state index is 0.135. The van der Waals surface area contributed by atoms with Crippen molar-refractivity contribution < 1.29 is 0 Å². The number of benzene rings is 1. The van der Waals surface area contributed by atoms with Gasteiger partial charge in [-0.1, -0.05) is 24.3 Å². The third-order valence-electron chi connectivity index (χ3n) is 4.45. The molecule has 2 rings (SSSR count). The second-order valence-corrected chi connectivity index (χ2v) is 6.13. The molecule has 0 unspecified atom stereocenters. The van der Waals surface area contributed by atoms with Crippen LogP contribution in [-0.4, -0.2) is 56.1 Å². The quantitative estimate of drug-likeness (QED) is 0.839. The number of nitrogens with zero attached hydrogens (tertiary/aromatic N) is 2.